The molecule has 260 valence electrons. The number of rotatable bonds is 10. The maximum atomic E-state index is 13.3. The Morgan fingerprint density at radius 1 is 0.857 bits per heavy atom. The molecule has 2 heterocycles. The highest BCUT2D eigenvalue weighted by Gasteiger charge is 2.39. The second-order valence-electron chi connectivity index (χ2n) is 12.0. The van der Waals surface area contributed by atoms with E-state index in [1.807, 2.05) is 61.5 Å². The quantitative estimate of drug-likeness (QED) is 0.0957. The Morgan fingerprint density at radius 2 is 1.51 bits per heavy atom. The third-order valence-electron chi connectivity index (χ3n) is 8.35. The van der Waals surface area contributed by atoms with Crippen LogP contribution in [0.5, 0.6) is 0 Å². The van der Waals surface area contributed by atoms with Crippen molar-refractivity contribution in [1.82, 2.24) is 24.6 Å². The van der Waals surface area contributed by atoms with Crippen LogP contribution in [0.2, 0.25) is 0 Å². The van der Waals surface area contributed by atoms with Crippen LogP contribution < -0.4 is 0 Å². The molecule has 1 saturated heterocycles. The minimum atomic E-state index is -5.06. The van der Waals surface area contributed by atoms with Gasteiger partial charge in [0.05, 0.1) is 16.8 Å². The number of aryl methyl sites for hydroxylation is 1. The number of amides is 2. The molecule has 1 fully saturated rings. The summed E-state index contributed by atoms with van der Waals surface area (Å²) >= 11 is 1.56. The van der Waals surface area contributed by atoms with Crippen LogP contribution in [0.15, 0.2) is 78.0 Å². The zero-order valence-electron chi connectivity index (χ0n) is 26.9. The lowest BCUT2D eigenvalue weighted by molar-refractivity contribution is -0.143. The molecule has 0 spiro atoms. The Balaban J connectivity index is 1.15. The van der Waals surface area contributed by atoms with E-state index in [1.165, 1.54) is 4.90 Å². The number of alkyl halides is 6. The van der Waals surface area contributed by atoms with Gasteiger partial charge < -0.3 is 9.80 Å². The number of unbranched alkanes of at least 4 members (excludes halogenated alkanes) is 1. The van der Waals surface area contributed by atoms with Gasteiger partial charge in [0, 0.05) is 49.8 Å². The van der Waals surface area contributed by atoms with E-state index in [4.69, 9.17) is 0 Å². The Labute approximate surface area is 284 Å². The first-order valence-corrected chi connectivity index (χ1v) is 16.8. The molecule has 1 aliphatic heterocycles. The van der Waals surface area contributed by atoms with E-state index in [0.29, 0.717) is 30.7 Å². The highest BCUT2D eigenvalue weighted by atomic mass is 32.2. The smallest absolute Gasteiger partial charge is 0.339 e. The van der Waals surface area contributed by atoms with Gasteiger partial charge >= 0.3 is 12.4 Å². The number of hydrogen-bond acceptors (Lipinski definition) is 5. The third kappa shape index (κ3) is 8.83. The van der Waals surface area contributed by atoms with Gasteiger partial charge in [-0.3, -0.25) is 14.2 Å². The van der Waals surface area contributed by atoms with Gasteiger partial charge in [0.25, 0.3) is 5.91 Å². The summed E-state index contributed by atoms with van der Waals surface area (Å²) in [6, 6.07) is 18.3. The predicted octanol–water partition coefficient (Wildman–Crippen LogP) is 7.84. The second-order valence-corrected chi connectivity index (χ2v) is 13.0. The molecule has 1 atom stereocenters. The number of piperazine rings is 1. The van der Waals surface area contributed by atoms with Crippen molar-refractivity contribution in [3.63, 3.8) is 0 Å². The molecular weight excluding hydrogens is 668 g/mol. The summed E-state index contributed by atoms with van der Waals surface area (Å²) < 4.78 is 82.0. The van der Waals surface area contributed by atoms with E-state index in [-0.39, 0.29) is 38.0 Å². The van der Waals surface area contributed by atoms with E-state index in [2.05, 4.69) is 14.8 Å². The van der Waals surface area contributed by atoms with E-state index in [9.17, 15) is 35.9 Å². The van der Waals surface area contributed by atoms with Crippen molar-refractivity contribution in [2.75, 3.05) is 25.4 Å². The zero-order valence-corrected chi connectivity index (χ0v) is 27.7. The molecule has 0 radical (unpaired) electrons. The van der Waals surface area contributed by atoms with Crippen molar-refractivity contribution >= 4 is 23.6 Å². The third-order valence-corrected chi connectivity index (χ3v) is 9.37. The average molecular weight is 704 g/mol. The molecule has 49 heavy (non-hydrogen) atoms. The topological polar surface area (TPSA) is 71.3 Å². The van der Waals surface area contributed by atoms with Gasteiger partial charge in [-0.15, -0.1) is 10.2 Å². The van der Waals surface area contributed by atoms with Gasteiger partial charge in [-0.2, -0.15) is 26.3 Å². The molecule has 5 rings (SSSR count). The van der Waals surface area contributed by atoms with E-state index < -0.39 is 41.0 Å². The summed E-state index contributed by atoms with van der Waals surface area (Å²) in [5.41, 5.74) is -0.596. The summed E-state index contributed by atoms with van der Waals surface area (Å²) in [6.45, 7) is 3.88. The molecule has 1 aromatic heterocycles. The Morgan fingerprint density at radius 3 is 2.14 bits per heavy atom. The molecule has 0 saturated carbocycles. The molecule has 1 unspecified atom stereocenters. The molecule has 2 amide bonds. The molecule has 0 aliphatic carbocycles. The fourth-order valence-electron chi connectivity index (χ4n) is 5.77. The number of aromatic nitrogens is 3. The van der Waals surface area contributed by atoms with Crippen LogP contribution in [0, 0.1) is 6.92 Å². The zero-order chi connectivity index (χ0) is 35.3. The summed E-state index contributed by atoms with van der Waals surface area (Å²) in [5, 5.41) is 9.73. The lowest BCUT2D eigenvalue weighted by Gasteiger charge is -2.40. The van der Waals surface area contributed by atoms with Gasteiger partial charge in [-0.25, -0.2) is 0 Å². The molecule has 14 heteroatoms. The number of benzene rings is 3. The summed E-state index contributed by atoms with van der Waals surface area (Å²) in [6.07, 6.45) is -7.93. The number of para-hydroxylation sites is 1. The minimum absolute atomic E-state index is 0.00613. The Kier molecular flexibility index (Phi) is 11.1. The number of hydrogen-bond donors (Lipinski definition) is 0. The van der Waals surface area contributed by atoms with E-state index in [0.717, 1.165) is 34.2 Å². The monoisotopic (exact) mass is 703 g/mol. The highest BCUT2D eigenvalue weighted by molar-refractivity contribution is 7.99. The van der Waals surface area contributed by atoms with Crippen LogP contribution in [-0.4, -0.2) is 67.8 Å². The maximum absolute atomic E-state index is 13.3. The van der Waals surface area contributed by atoms with Crippen molar-refractivity contribution < 1.29 is 35.9 Å². The average Bonchev–Trinajstić information content (AvgIpc) is 3.45. The number of carbonyl (C=O) groups is 2. The minimum Gasteiger partial charge on any atom is -0.339 e. The molecule has 0 bridgehead atoms. The van der Waals surface area contributed by atoms with E-state index >= 15 is 0 Å². The van der Waals surface area contributed by atoms with Gasteiger partial charge in [0.15, 0.2) is 5.16 Å². The number of carbonyl (C=O) groups excluding carboxylic acids is 2. The van der Waals surface area contributed by atoms with Crippen molar-refractivity contribution in [1.29, 1.82) is 0 Å². The van der Waals surface area contributed by atoms with Crippen molar-refractivity contribution in [2.45, 2.75) is 63.1 Å². The fraction of sp³-hybridized carbons (Fsp3) is 0.371. The lowest BCUT2D eigenvalue weighted by atomic mass is 10.0. The predicted molar refractivity (Wildman–Crippen MR) is 173 cm³/mol. The number of thioether (sulfide) groups is 1. The van der Waals surface area contributed by atoms with Crippen LogP contribution >= 0.6 is 11.8 Å². The molecular formula is C35H35F6N5O2S. The molecule has 1 aliphatic rings. The van der Waals surface area contributed by atoms with Gasteiger partial charge in [-0.05, 0) is 62.1 Å². The second kappa shape index (κ2) is 15.1. The largest absolute Gasteiger partial charge is 0.416 e. The molecule has 3 aromatic carbocycles. The van der Waals surface area contributed by atoms with E-state index in [1.54, 1.807) is 23.6 Å². The summed E-state index contributed by atoms with van der Waals surface area (Å²) in [4.78, 5) is 28.9. The van der Waals surface area contributed by atoms with Gasteiger partial charge in [-0.1, -0.05) is 60.3 Å². The van der Waals surface area contributed by atoms with Crippen molar-refractivity contribution in [3.8, 4) is 5.69 Å². The summed E-state index contributed by atoms with van der Waals surface area (Å²) in [5.74, 6) is 0.436. The molecule has 4 aromatic rings. The summed E-state index contributed by atoms with van der Waals surface area (Å²) in [7, 11) is 0. The first-order valence-electron chi connectivity index (χ1n) is 15.8. The number of nitrogens with zero attached hydrogens (tertiary/aromatic N) is 5. The SMILES string of the molecule is Cc1ccccc1-n1c(Cc2ccccc2)nnc1SCCCCC(=O)N1CCN(C(=O)c2cc(C(F)(F)F)cc(C(F)(F)F)c2)C(C)C1. The van der Waals surface area contributed by atoms with Crippen LogP contribution in [0.25, 0.3) is 5.69 Å². The molecule has 0 N–H and O–H groups in total. The standard InChI is InChI=1S/C35H35F6N5O2S/c1-23-10-6-7-13-29(23)46-30(18-25-11-4-3-5-12-25)42-43-33(46)49-17-9-8-14-31(47)44-15-16-45(24(2)22-44)32(48)26-19-27(34(36,37)38)21-28(20-26)35(39,40)41/h3-7,10-13,19-21,24H,8-9,14-18,22H2,1-2H3. The van der Waals surface area contributed by atoms with Crippen LogP contribution in [0.4, 0.5) is 26.3 Å². The van der Waals surface area contributed by atoms with Crippen molar-refractivity contribution in [2.24, 2.45) is 0 Å². The fourth-order valence-corrected chi connectivity index (χ4v) is 6.74. The van der Waals surface area contributed by atoms with Crippen LogP contribution in [-0.2, 0) is 23.6 Å². The van der Waals surface area contributed by atoms with Crippen LogP contribution in [0.1, 0.15) is 64.6 Å². The molecule has 7 nitrogen and oxygen atoms in total. The normalized spacial score (nSPS) is 15.5. The highest BCUT2D eigenvalue weighted by Crippen LogP contribution is 2.37. The number of halogens is 6. The van der Waals surface area contributed by atoms with Gasteiger partial charge in [0.2, 0.25) is 5.91 Å². The first kappa shape index (κ1) is 36.0. The Hall–Kier alpha value is -4.33. The lowest BCUT2D eigenvalue weighted by Crippen LogP contribution is -2.55. The van der Waals surface area contributed by atoms with Crippen molar-refractivity contribution in [3.05, 3.63) is 106 Å². The Bertz CT molecular complexity index is 1740. The van der Waals surface area contributed by atoms with Gasteiger partial charge in [0.1, 0.15) is 5.82 Å². The van der Waals surface area contributed by atoms with Crippen LogP contribution in [0.3, 0.4) is 0 Å². The maximum Gasteiger partial charge on any atom is 0.416 e. The first-order chi connectivity index (χ1) is 23.2.